The number of imidazole rings is 1. The normalized spacial score (nSPS) is 10.5. The standard InChI is InChI=1S/C21H23N3O3/c1-4-27-19-15(8-7-11-18(19)26-3)14-24(2)21(25)17-10-6-5-9-16(17)20-22-12-13-23-20/h5-13H,4,14H2,1-3H3,(H,22,23). The molecule has 6 heteroatoms. The van der Waals surface area contributed by atoms with Crippen molar-refractivity contribution in [1.82, 2.24) is 14.9 Å². The number of H-pyrrole nitrogens is 1. The van der Waals surface area contributed by atoms with Gasteiger partial charge in [-0.2, -0.15) is 0 Å². The van der Waals surface area contributed by atoms with E-state index >= 15 is 0 Å². The number of para-hydroxylation sites is 1. The molecule has 2 aromatic carbocycles. The second-order valence-electron chi connectivity index (χ2n) is 6.03. The van der Waals surface area contributed by atoms with Crippen LogP contribution in [-0.4, -0.2) is 41.5 Å². The molecule has 0 bridgehead atoms. The molecule has 0 radical (unpaired) electrons. The highest BCUT2D eigenvalue weighted by Crippen LogP contribution is 2.32. The van der Waals surface area contributed by atoms with Crippen LogP contribution in [0.2, 0.25) is 0 Å². The van der Waals surface area contributed by atoms with Gasteiger partial charge in [-0.1, -0.05) is 30.3 Å². The van der Waals surface area contributed by atoms with Gasteiger partial charge in [0.15, 0.2) is 11.5 Å². The van der Waals surface area contributed by atoms with Crippen LogP contribution in [0, 0.1) is 0 Å². The minimum atomic E-state index is -0.0905. The Morgan fingerprint density at radius 3 is 2.70 bits per heavy atom. The van der Waals surface area contributed by atoms with Gasteiger partial charge in [-0.05, 0) is 19.1 Å². The Kier molecular flexibility index (Phi) is 5.76. The summed E-state index contributed by atoms with van der Waals surface area (Å²) in [5.41, 5.74) is 2.26. The summed E-state index contributed by atoms with van der Waals surface area (Å²) in [4.78, 5) is 22.1. The summed E-state index contributed by atoms with van der Waals surface area (Å²) >= 11 is 0. The highest BCUT2D eigenvalue weighted by Gasteiger charge is 2.20. The molecule has 3 aromatic rings. The number of rotatable bonds is 7. The molecule has 1 amide bonds. The van der Waals surface area contributed by atoms with Crippen LogP contribution < -0.4 is 9.47 Å². The molecule has 0 aliphatic rings. The third-order valence-corrected chi connectivity index (χ3v) is 4.23. The summed E-state index contributed by atoms with van der Waals surface area (Å²) in [7, 11) is 3.38. The lowest BCUT2D eigenvalue weighted by atomic mass is 10.1. The molecule has 6 nitrogen and oxygen atoms in total. The Labute approximate surface area is 158 Å². The van der Waals surface area contributed by atoms with Crippen molar-refractivity contribution in [2.24, 2.45) is 0 Å². The average Bonchev–Trinajstić information content (AvgIpc) is 3.23. The fraction of sp³-hybridized carbons (Fsp3) is 0.238. The van der Waals surface area contributed by atoms with Crippen LogP contribution in [0.3, 0.4) is 0 Å². The number of nitrogens with zero attached hydrogens (tertiary/aromatic N) is 2. The van der Waals surface area contributed by atoms with Gasteiger partial charge in [0.25, 0.3) is 5.91 Å². The third kappa shape index (κ3) is 3.95. The van der Waals surface area contributed by atoms with E-state index < -0.39 is 0 Å². The first-order chi connectivity index (χ1) is 13.2. The Balaban J connectivity index is 1.88. The zero-order valence-electron chi connectivity index (χ0n) is 15.7. The Morgan fingerprint density at radius 1 is 1.19 bits per heavy atom. The number of carbonyl (C=O) groups is 1. The van der Waals surface area contributed by atoms with Gasteiger partial charge in [0.1, 0.15) is 5.82 Å². The number of ether oxygens (including phenoxy) is 2. The summed E-state index contributed by atoms with van der Waals surface area (Å²) in [6.45, 7) is 2.84. The van der Waals surface area contributed by atoms with E-state index in [2.05, 4.69) is 9.97 Å². The van der Waals surface area contributed by atoms with E-state index in [4.69, 9.17) is 9.47 Å². The lowest BCUT2D eigenvalue weighted by molar-refractivity contribution is 0.0784. The van der Waals surface area contributed by atoms with Crippen molar-refractivity contribution in [3.63, 3.8) is 0 Å². The van der Waals surface area contributed by atoms with Crippen molar-refractivity contribution in [2.75, 3.05) is 20.8 Å². The SMILES string of the molecule is CCOc1c(CN(C)C(=O)c2ccccc2-c2ncc[nH]2)cccc1OC. The highest BCUT2D eigenvalue weighted by atomic mass is 16.5. The fourth-order valence-electron chi connectivity index (χ4n) is 2.98. The third-order valence-electron chi connectivity index (χ3n) is 4.23. The summed E-state index contributed by atoms with van der Waals surface area (Å²) in [5.74, 6) is 1.91. The van der Waals surface area contributed by atoms with E-state index in [9.17, 15) is 4.79 Å². The first-order valence-electron chi connectivity index (χ1n) is 8.78. The van der Waals surface area contributed by atoms with Crippen molar-refractivity contribution < 1.29 is 14.3 Å². The number of aromatic amines is 1. The van der Waals surface area contributed by atoms with Crippen LogP contribution >= 0.6 is 0 Å². The van der Waals surface area contributed by atoms with E-state index in [-0.39, 0.29) is 5.91 Å². The molecular weight excluding hydrogens is 342 g/mol. The van der Waals surface area contributed by atoms with Gasteiger partial charge in [-0.25, -0.2) is 4.98 Å². The van der Waals surface area contributed by atoms with Gasteiger partial charge in [0.2, 0.25) is 0 Å². The second kappa shape index (κ2) is 8.40. The number of carbonyl (C=O) groups excluding carboxylic acids is 1. The van der Waals surface area contributed by atoms with Crippen molar-refractivity contribution in [2.45, 2.75) is 13.5 Å². The number of hydrogen-bond acceptors (Lipinski definition) is 4. The molecule has 0 spiro atoms. The molecule has 0 fully saturated rings. The fourth-order valence-corrected chi connectivity index (χ4v) is 2.98. The quantitative estimate of drug-likeness (QED) is 0.692. The molecular formula is C21H23N3O3. The lowest BCUT2D eigenvalue weighted by Gasteiger charge is -2.21. The maximum Gasteiger partial charge on any atom is 0.254 e. The van der Waals surface area contributed by atoms with Crippen molar-refractivity contribution in [3.8, 4) is 22.9 Å². The summed E-state index contributed by atoms with van der Waals surface area (Å²) < 4.78 is 11.1. The Bertz CT molecular complexity index is 907. The van der Waals surface area contributed by atoms with Gasteiger partial charge in [-0.3, -0.25) is 4.79 Å². The highest BCUT2D eigenvalue weighted by molar-refractivity contribution is 6.00. The number of nitrogens with one attached hydrogen (secondary N) is 1. The van der Waals surface area contributed by atoms with E-state index in [1.165, 1.54) is 0 Å². The zero-order chi connectivity index (χ0) is 19.2. The van der Waals surface area contributed by atoms with Crippen LogP contribution in [0.4, 0.5) is 0 Å². The minimum absolute atomic E-state index is 0.0905. The molecule has 0 saturated heterocycles. The smallest absolute Gasteiger partial charge is 0.254 e. The topological polar surface area (TPSA) is 67.5 Å². The number of methoxy groups -OCH3 is 1. The van der Waals surface area contributed by atoms with Crippen LogP contribution in [0.15, 0.2) is 54.9 Å². The number of benzene rings is 2. The molecule has 1 heterocycles. The molecule has 0 aliphatic heterocycles. The number of aromatic nitrogens is 2. The summed E-state index contributed by atoms with van der Waals surface area (Å²) in [6.07, 6.45) is 3.41. The molecule has 1 N–H and O–H groups in total. The minimum Gasteiger partial charge on any atom is -0.493 e. The van der Waals surface area contributed by atoms with Crippen LogP contribution in [-0.2, 0) is 6.54 Å². The summed E-state index contributed by atoms with van der Waals surface area (Å²) in [6, 6.07) is 13.1. The van der Waals surface area contributed by atoms with E-state index in [1.807, 2.05) is 49.4 Å². The number of amides is 1. The largest absolute Gasteiger partial charge is 0.493 e. The molecule has 0 saturated carbocycles. The van der Waals surface area contributed by atoms with Gasteiger partial charge in [0.05, 0.1) is 19.3 Å². The lowest BCUT2D eigenvalue weighted by Crippen LogP contribution is -2.27. The van der Waals surface area contributed by atoms with Gasteiger partial charge >= 0.3 is 0 Å². The zero-order valence-corrected chi connectivity index (χ0v) is 15.7. The maximum atomic E-state index is 13.1. The Morgan fingerprint density at radius 2 is 2.00 bits per heavy atom. The molecule has 0 atom stereocenters. The van der Waals surface area contributed by atoms with Crippen molar-refractivity contribution in [3.05, 3.63) is 66.0 Å². The van der Waals surface area contributed by atoms with Crippen molar-refractivity contribution in [1.29, 1.82) is 0 Å². The monoisotopic (exact) mass is 365 g/mol. The van der Waals surface area contributed by atoms with Gasteiger partial charge in [-0.15, -0.1) is 0 Å². The average molecular weight is 365 g/mol. The van der Waals surface area contributed by atoms with Crippen LogP contribution in [0.25, 0.3) is 11.4 Å². The van der Waals surface area contributed by atoms with E-state index in [1.54, 1.807) is 31.5 Å². The van der Waals surface area contributed by atoms with Gasteiger partial charge in [0, 0.05) is 37.1 Å². The molecule has 1 aromatic heterocycles. The van der Waals surface area contributed by atoms with E-state index in [0.29, 0.717) is 36.0 Å². The van der Waals surface area contributed by atoms with Crippen LogP contribution in [0.1, 0.15) is 22.8 Å². The molecule has 27 heavy (non-hydrogen) atoms. The van der Waals surface area contributed by atoms with Crippen molar-refractivity contribution >= 4 is 5.91 Å². The molecule has 0 aliphatic carbocycles. The number of hydrogen-bond donors (Lipinski definition) is 1. The molecule has 140 valence electrons. The molecule has 3 rings (SSSR count). The maximum absolute atomic E-state index is 13.1. The Hall–Kier alpha value is -3.28. The predicted octanol–water partition coefficient (Wildman–Crippen LogP) is 3.76. The first kappa shape index (κ1) is 18.5. The van der Waals surface area contributed by atoms with Gasteiger partial charge < -0.3 is 19.4 Å². The molecule has 0 unspecified atom stereocenters. The second-order valence-corrected chi connectivity index (χ2v) is 6.03. The van der Waals surface area contributed by atoms with Crippen LogP contribution in [0.5, 0.6) is 11.5 Å². The predicted molar refractivity (Wildman–Crippen MR) is 104 cm³/mol. The van der Waals surface area contributed by atoms with E-state index in [0.717, 1.165) is 11.1 Å². The first-order valence-corrected chi connectivity index (χ1v) is 8.78. The summed E-state index contributed by atoms with van der Waals surface area (Å²) in [5, 5.41) is 0.